The zero-order valence-corrected chi connectivity index (χ0v) is 17.9. The molecule has 0 N–H and O–H groups in total. The average Bonchev–Trinajstić information content (AvgIpc) is 3.27. The number of aromatic nitrogens is 1. The van der Waals surface area contributed by atoms with Crippen molar-refractivity contribution in [1.82, 2.24) is 8.87 Å². The summed E-state index contributed by atoms with van der Waals surface area (Å²) >= 11 is 0. The normalized spacial score (nSPS) is 16.7. The van der Waals surface area contributed by atoms with Crippen LogP contribution in [0.4, 0.5) is 0 Å². The minimum atomic E-state index is -3.77. The van der Waals surface area contributed by atoms with Crippen LogP contribution in [0.15, 0.2) is 65.7 Å². The largest absolute Gasteiger partial charge is 0.497 e. The molecule has 1 atom stereocenters. The second-order valence-corrected chi connectivity index (χ2v) is 8.82. The average molecular weight is 429 g/mol. The molecule has 2 heterocycles. The Kier molecular flexibility index (Phi) is 5.44. The van der Waals surface area contributed by atoms with Gasteiger partial charge in [-0.15, -0.1) is 0 Å². The van der Waals surface area contributed by atoms with Gasteiger partial charge in [0.05, 0.1) is 32.3 Å². The van der Waals surface area contributed by atoms with E-state index in [1.54, 1.807) is 51.7 Å². The highest BCUT2D eigenvalue weighted by molar-refractivity contribution is 7.89. The molecule has 0 spiro atoms. The maximum absolute atomic E-state index is 13.6. The zero-order chi connectivity index (χ0) is 21.3. The van der Waals surface area contributed by atoms with Crippen molar-refractivity contribution in [2.75, 3.05) is 27.9 Å². The first-order chi connectivity index (χ1) is 14.5. The van der Waals surface area contributed by atoms with Crippen molar-refractivity contribution >= 4 is 10.0 Å². The molecule has 4 rings (SSSR count). The summed E-state index contributed by atoms with van der Waals surface area (Å²) in [4.78, 5) is 0.223. The number of hydrogen-bond acceptors (Lipinski definition) is 5. The van der Waals surface area contributed by atoms with E-state index in [-0.39, 0.29) is 4.90 Å². The molecule has 0 amide bonds. The van der Waals surface area contributed by atoms with Crippen molar-refractivity contribution in [2.45, 2.75) is 17.5 Å². The van der Waals surface area contributed by atoms with Crippen molar-refractivity contribution in [3.8, 4) is 17.2 Å². The second-order valence-electron chi connectivity index (χ2n) is 6.93. The molecule has 1 aliphatic rings. The van der Waals surface area contributed by atoms with Gasteiger partial charge in [-0.25, -0.2) is 8.42 Å². The fourth-order valence-corrected chi connectivity index (χ4v) is 5.43. The van der Waals surface area contributed by atoms with Crippen LogP contribution in [0.2, 0.25) is 0 Å². The quantitative estimate of drug-likeness (QED) is 0.603. The molecule has 0 saturated carbocycles. The summed E-state index contributed by atoms with van der Waals surface area (Å²) in [6.45, 7) is 0.919. The van der Waals surface area contributed by atoms with E-state index in [9.17, 15) is 8.42 Å². The molecule has 1 aliphatic heterocycles. The standard InChI is InChI=1S/C22H24N2O5S/c1-27-16-6-9-18(10-7-16)30(25,26)24-14-13-23-12-4-5-20(23)22(24)19-11-8-17(28-2)15-21(19)29-3/h4-12,15,22H,13-14H2,1-3H3. The topological polar surface area (TPSA) is 70.0 Å². The van der Waals surface area contributed by atoms with E-state index in [1.807, 2.05) is 30.5 Å². The Bertz CT molecular complexity index is 1140. The van der Waals surface area contributed by atoms with Crippen LogP contribution in [0.5, 0.6) is 17.2 Å². The molecule has 7 nitrogen and oxygen atoms in total. The van der Waals surface area contributed by atoms with Gasteiger partial charge < -0.3 is 18.8 Å². The van der Waals surface area contributed by atoms with Crippen molar-refractivity contribution < 1.29 is 22.6 Å². The number of rotatable bonds is 6. The monoisotopic (exact) mass is 428 g/mol. The fourth-order valence-electron chi connectivity index (χ4n) is 3.86. The minimum absolute atomic E-state index is 0.223. The summed E-state index contributed by atoms with van der Waals surface area (Å²) < 4.78 is 47.0. The summed E-state index contributed by atoms with van der Waals surface area (Å²) in [6, 6.07) is 15.3. The third-order valence-corrected chi connectivity index (χ3v) is 7.27. The lowest BCUT2D eigenvalue weighted by molar-refractivity contribution is 0.290. The maximum atomic E-state index is 13.6. The Hall–Kier alpha value is -2.97. The molecule has 30 heavy (non-hydrogen) atoms. The number of fused-ring (bicyclic) bond motifs is 1. The highest BCUT2D eigenvalue weighted by Crippen LogP contribution is 2.41. The molecule has 1 aromatic heterocycles. The number of methoxy groups -OCH3 is 3. The molecule has 8 heteroatoms. The third-order valence-electron chi connectivity index (χ3n) is 5.40. The van der Waals surface area contributed by atoms with Crippen LogP contribution in [-0.4, -0.2) is 45.2 Å². The molecular weight excluding hydrogens is 404 g/mol. The van der Waals surface area contributed by atoms with Gasteiger partial charge in [-0.3, -0.25) is 0 Å². The first-order valence-corrected chi connectivity index (χ1v) is 11.0. The summed E-state index contributed by atoms with van der Waals surface area (Å²) in [7, 11) is 0.938. The predicted octanol–water partition coefficient (Wildman–Crippen LogP) is 3.31. The Morgan fingerprint density at radius 2 is 1.57 bits per heavy atom. The van der Waals surface area contributed by atoms with Gasteiger partial charge in [0.2, 0.25) is 10.0 Å². The lowest BCUT2D eigenvalue weighted by atomic mass is 10.0. The number of benzene rings is 2. The van der Waals surface area contributed by atoms with Gasteiger partial charge in [0.15, 0.2) is 0 Å². The maximum Gasteiger partial charge on any atom is 0.244 e. The van der Waals surface area contributed by atoms with E-state index in [2.05, 4.69) is 4.57 Å². The minimum Gasteiger partial charge on any atom is -0.497 e. The Morgan fingerprint density at radius 1 is 0.867 bits per heavy atom. The van der Waals surface area contributed by atoms with E-state index in [0.29, 0.717) is 30.3 Å². The lowest BCUT2D eigenvalue weighted by Gasteiger charge is -2.36. The molecule has 0 aliphatic carbocycles. The predicted molar refractivity (Wildman–Crippen MR) is 113 cm³/mol. The molecular formula is C22H24N2O5S. The number of nitrogens with zero attached hydrogens (tertiary/aromatic N) is 2. The Morgan fingerprint density at radius 3 is 2.23 bits per heavy atom. The highest BCUT2D eigenvalue weighted by atomic mass is 32.2. The van der Waals surface area contributed by atoms with Crippen LogP contribution < -0.4 is 14.2 Å². The van der Waals surface area contributed by atoms with Crippen molar-refractivity contribution in [3.63, 3.8) is 0 Å². The third kappa shape index (κ3) is 3.42. The van der Waals surface area contributed by atoms with Gasteiger partial charge in [0.1, 0.15) is 17.2 Å². The number of sulfonamides is 1. The molecule has 0 bridgehead atoms. The van der Waals surface area contributed by atoms with Crippen molar-refractivity contribution in [2.24, 2.45) is 0 Å². The number of hydrogen-bond donors (Lipinski definition) is 0. The van der Waals surface area contributed by atoms with Crippen LogP contribution >= 0.6 is 0 Å². The first-order valence-electron chi connectivity index (χ1n) is 9.52. The molecule has 0 saturated heterocycles. The molecule has 3 aromatic rings. The summed E-state index contributed by atoms with van der Waals surface area (Å²) in [6.07, 6.45) is 1.97. The van der Waals surface area contributed by atoms with E-state index in [1.165, 1.54) is 4.31 Å². The van der Waals surface area contributed by atoms with Crippen LogP contribution in [0.25, 0.3) is 0 Å². The zero-order valence-electron chi connectivity index (χ0n) is 17.1. The molecule has 2 aromatic carbocycles. The molecule has 0 fully saturated rings. The van der Waals surface area contributed by atoms with E-state index < -0.39 is 16.1 Å². The van der Waals surface area contributed by atoms with Crippen LogP contribution in [0.1, 0.15) is 17.3 Å². The van der Waals surface area contributed by atoms with Crippen LogP contribution in [0, 0.1) is 0 Å². The summed E-state index contributed by atoms with van der Waals surface area (Å²) in [5.74, 6) is 1.82. The smallest absolute Gasteiger partial charge is 0.244 e. The van der Waals surface area contributed by atoms with E-state index >= 15 is 0 Å². The van der Waals surface area contributed by atoms with Crippen molar-refractivity contribution in [1.29, 1.82) is 0 Å². The fraction of sp³-hybridized carbons (Fsp3) is 0.273. The van der Waals surface area contributed by atoms with Gasteiger partial charge in [-0.1, -0.05) is 0 Å². The van der Waals surface area contributed by atoms with Gasteiger partial charge in [-0.05, 0) is 48.5 Å². The van der Waals surface area contributed by atoms with E-state index in [4.69, 9.17) is 14.2 Å². The summed E-state index contributed by atoms with van der Waals surface area (Å²) in [5.41, 5.74) is 1.65. The van der Waals surface area contributed by atoms with Gasteiger partial charge >= 0.3 is 0 Å². The van der Waals surface area contributed by atoms with Crippen LogP contribution in [-0.2, 0) is 16.6 Å². The van der Waals surface area contributed by atoms with Gasteiger partial charge in [0.25, 0.3) is 0 Å². The van der Waals surface area contributed by atoms with Gasteiger partial charge in [-0.2, -0.15) is 4.31 Å². The van der Waals surface area contributed by atoms with Crippen molar-refractivity contribution in [3.05, 3.63) is 72.1 Å². The molecule has 1 unspecified atom stereocenters. The Labute approximate surface area is 176 Å². The lowest BCUT2D eigenvalue weighted by Crippen LogP contribution is -2.42. The Balaban J connectivity index is 1.85. The first kappa shape index (κ1) is 20.3. The van der Waals surface area contributed by atoms with E-state index in [0.717, 1.165) is 11.3 Å². The SMILES string of the molecule is COc1ccc(S(=O)(=O)N2CCn3cccc3C2c2ccc(OC)cc2OC)cc1. The highest BCUT2D eigenvalue weighted by Gasteiger charge is 2.39. The number of ether oxygens (including phenoxy) is 3. The second kappa shape index (κ2) is 8.04. The molecule has 0 radical (unpaired) electrons. The van der Waals surface area contributed by atoms with Gasteiger partial charge in [0, 0.05) is 36.6 Å². The molecule has 158 valence electrons. The van der Waals surface area contributed by atoms with Crippen LogP contribution in [0.3, 0.4) is 0 Å². The summed E-state index contributed by atoms with van der Waals surface area (Å²) in [5, 5.41) is 0.